The van der Waals surface area contributed by atoms with Crippen molar-refractivity contribution in [2.45, 2.75) is 38.3 Å². The third-order valence-electron chi connectivity index (χ3n) is 3.55. The summed E-state index contributed by atoms with van der Waals surface area (Å²) in [6, 6.07) is 7.01. The highest BCUT2D eigenvalue weighted by atomic mass is 19.1. The molecule has 2 nitrogen and oxygen atoms in total. The highest BCUT2D eigenvalue weighted by molar-refractivity contribution is 5.21. The average Bonchev–Trinajstić information content (AvgIpc) is 2.29. The zero-order valence-electron chi connectivity index (χ0n) is 10.2. The second-order valence-electron chi connectivity index (χ2n) is 4.88. The van der Waals surface area contributed by atoms with Gasteiger partial charge in [0.15, 0.2) is 0 Å². The molecule has 0 aliphatic heterocycles. The summed E-state index contributed by atoms with van der Waals surface area (Å²) in [7, 11) is 0. The Bertz CT molecular complexity index is 363. The summed E-state index contributed by atoms with van der Waals surface area (Å²) in [6.07, 6.45) is 2.51. The van der Waals surface area contributed by atoms with Crippen LogP contribution in [0.3, 0.4) is 0 Å². The summed E-state index contributed by atoms with van der Waals surface area (Å²) < 4.78 is 13.6. The van der Waals surface area contributed by atoms with E-state index >= 15 is 0 Å². The fourth-order valence-electron chi connectivity index (χ4n) is 2.41. The number of aliphatic hydroxyl groups excluding tert-OH is 1. The molecule has 2 N–H and O–H groups in total. The lowest BCUT2D eigenvalue weighted by Gasteiger charge is -2.33. The van der Waals surface area contributed by atoms with Crippen LogP contribution in [0.15, 0.2) is 24.3 Å². The minimum absolute atomic E-state index is 0.0777. The standard InChI is InChI=1S/C14H20FNO/c1-2-14(12-5-3-4-6-13(12)15)16-9-10-7-11(17)8-10/h3-6,10-11,14,16-17H,2,7-9H2,1H3. The molecule has 0 bridgehead atoms. The van der Waals surface area contributed by atoms with E-state index in [1.165, 1.54) is 6.07 Å². The van der Waals surface area contributed by atoms with Crippen LogP contribution >= 0.6 is 0 Å². The van der Waals surface area contributed by atoms with Gasteiger partial charge in [0.05, 0.1) is 6.10 Å². The molecular formula is C14H20FNO. The largest absolute Gasteiger partial charge is 0.393 e. The first-order chi connectivity index (χ1) is 8.20. The smallest absolute Gasteiger partial charge is 0.127 e. The van der Waals surface area contributed by atoms with Crippen molar-refractivity contribution < 1.29 is 9.50 Å². The summed E-state index contributed by atoms with van der Waals surface area (Å²) in [4.78, 5) is 0. The van der Waals surface area contributed by atoms with Crippen molar-refractivity contribution in [1.82, 2.24) is 5.32 Å². The lowest BCUT2D eigenvalue weighted by molar-refractivity contribution is 0.0417. The second kappa shape index (κ2) is 5.61. The van der Waals surface area contributed by atoms with Crippen LogP contribution in [0.1, 0.15) is 37.8 Å². The molecular weight excluding hydrogens is 217 g/mol. The van der Waals surface area contributed by atoms with E-state index in [2.05, 4.69) is 12.2 Å². The third-order valence-corrected chi connectivity index (χ3v) is 3.55. The number of hydrogen-bond acceptors (Lipinski definition) is 2. The predicted molar refractivity (Wildman–Crippen MR) is 66.2 cm³/mol. The van der Waals surface area contributed by atoms with E-state index in [9.17, 15) is 9.50 Å². The van der Waals surface area contributed by atoms with E-state index < -0.39 is 0 Å². The van der Waals surface area contributed by atoms with E-state index in [0.29, 0.717) is 5.92 Å². The number of aliphatic hydroxyl groups is 1. The van der Waals surface area contributed by atoms with Crippen LogP contribution in [0.2, 0.25) is 0 Å². The van der Waals surface area contributed by atoms with Gasteiger partial charge in [-0.3, -0.25) is 0 Å². The fraction of sp³-hybridized carbons (Fsp3) is 0.571. The Hall–Kier alpha value is -0.930. The van der Waals surface area contributed by atoms with Crippen LogP contribution in [-0.2, 0) is 0 Å². The van der Waals surface area contributed by atoms with Gasteiger partial charge >= 0.3 is 0 Å². The van der Waals surface area contributed by atoms with Crippen molar-refractivity contribution in [3.8, 4) is 0 Å². The first kappa shape index (κ1) is 12.5. The molecule has 1 fully saturated rings. The molecule has 1 aliphatic rings. The minimum Gasteiger partial charge on any atom is -0.393 e. The van der Waals surface area contributed by atoms with Crippen molar-refractivity contribution in [3.63, 3.8) is 0 Å². The maximum atomic E-state index is 13.6. The van der Waals surface area contributed by atoms with Crippen molar-refractivity contribution in [2.24, 2.45) is 5.92 Å². The van der Waals surface area contributed by atoms with Gasteiger partial charge in [-0.2, -0.15) is 0 Å². The normalized spacial score (nSPS) is 25.4. The maximum Gasteiger partial charge on any atom is 0.127 e. The third kappa shape index (κ3) is 3.05. The monoisotopic (exact) mass is 237 g/mol. The molecule has 0 spiro atoms. The molecule has 3 heteroatoms. The molecule has 17 heavy (non-hydrogen) atoms. The van der Waals surface area contributed by atoms with Crippen molar-refractivity contribution >= 4 is 0 Å². The minimum atomic E-state index is -0.138. The number of halogens is 1. The molecule has 94 valence electrons. The van der Waals surface area contributed by atoms with Gasteiger partial charge in [0.1, 0.15) is 5.82 Å². The Morgan fingerprint density at radius 1 is 1.41 bits per heavy atom. The summed E-state index contributed by atoms with van der Waals surface area (Å²) in [5.74, 6) is 0.409. The Balaban J connectivity index is 1.90. The highest BCUT2D eigenvalue weighted by Crippen LogP contribution is 2.28. The summed E-state index contributed by atoms with van der Waals surface area (Å²) in [5.41, 5.74) is 0.745. The van der Waals surface area contributed by atoms with E-state index in [0.717, 1.165) is 31.4 Å². The Morgan fingerprint density at radius 3 is 2.71 bits per heavy atom. The van der Waals surface area contributed by atoms with Crippen molar-refractivity contribution in [1.29, 1.82) is 0 Å². The van der Waals surface area contributed by atoms with Crippen LogP contribution in [0, 0.1) is 11.7 Å². The number of benzene rings is 1. The lowest BCUT2D eigenvalue weighted by atomic mass is 9.82. The zero-order valence-corrected chi connectivity index (χ0v) is 10.2. The number of rotatable bonds is 5. The molecule has 1 aromatic carbocycles. The molecule has 0 aromatic heterocycles. The molecule has 0 saturated heterocycles. The van der Waals surface area contributed by atoms with Crippen molar-refractivity contribution in [3.05, 3.63) is 35.6 Å². The van der Waals surface area contributed by atoms with Crippen LogP contribution in [0.4, 0.5) is 4.39 Å². The molecule has 1 aliphatic carbocycles. The summed E-state index contributed by atoms with van der Waals surface area (Å²) >= 11 is 0. The van der Waals surface area contributed by atoms with E-state index in [4.69, 9.17) is 0 Å². The summed E-state index contributed by atoms with van der Waals surface area (Å²) in [5, 5.41) is 12.6. The number of hydrogen-bond donors (Lipinski definition) is 2. The molecule has 0 heterocycles. The molecule has 1 unspecified atom stereocenters. The van der Waals surface area contributed by atoms with Gasteiger partial charge in [-0.05, 0) is 37.8 Å². The van der Waals surface area contributed by atoms with Crippen LogP contribution in [0.5, 0.6) is 0 Å². The van der Waals surface area contributed by atoms with Crippen LogP contribution in [-0.4, -0.2) is 17.8 Å². The predicted octanol–water partition coefficient (Wildman–Crippen LogP) is 2.64. The zero-order chi connectivity index (χ0) is 12.3. The van der Waals surface area contributed by atoms with E-state index in [1.54, 1.807) is 6.07 Å². The van der Waals surface area contributed by atoms with Gasteiger partial charge in [0.25, 0.3) is 0 Å². The van der Waals surface area contributed by atoms with Gasteiger partial charge in [-0.1, -0.05) is 25.1 Å². The molecule has 1 aromatic rings. The van der Waals surface area contributed by atoms with Gasteiger partial charge < -0.3 is 10.4 Å². The Morgan fingerprint density at radius 2 is 2.12 bits per heavy atom. The SMILES string of the molecule is CCC(NCC1CC(O)C1)c1ccccc1F. The van der Waals surface area contributed by atoms with Gasteiger partial charge in [0.2, 0.25) is 0 Å². The van der Waals surface area contributed by atoms with E-state index in [1.807, 2.05) is 12.1 Å². The molecule has 2 rings (SSSR count). The molecule has 0 amide bonds. The van der Waals surface area contributed by atoms with Gasteiger partial charge in [-0.15, -0.1) is 0 Å². The lowest BCUT2D eigenvalue weighted by Crippen LogP contribution is -2.37. The quantitative estimate of drug-likeness (QED) is 0.825. The maximum absolute atomic E-state index is 13.6. The molecule has 0 radical (unpaired) electrons. The second-order valence-corrected chi connectivity index (χ2v) is 4.88. The topological polar surface area (TPSA) is 32.3 Å². The van der Waals surface area contributed by atoms with Crippen molar-refractivity contribution in [2.75, 3.05) is 6.54 Å². The molecule has 1 saturated carbocycles. The van der Waals surface area contributed by atoms with E-state index in [-0.39, 0.29) is 18.0 Å². The molecule has 1 atom stereocenters. The first-order valence-electron chi connectivity index (χ1n) is 6.36. The first-order valence-corrected chi connectivity index (χ1v) is 6.36. The summed E-state index contributed by atoms with van der Waals surface area (Å²) in [6.45, 7) is 2.92. The Labute approximate surface area is 102 Å². The highest BCUT2D eigenvalue weighted by Gasteiger charge is 2.27. The van der Waals surface area contributed by atoms with Crippen LogP contribution < -0.4 is 5.32 Å². The van der Waals surface area contributed by atoms with Crippen LogP contribution in [0.25, 0.3) is 0 Å². The fourth-order valence-corrected chi connectivity index (χ4v) is 2.41. The average molecular weight is 237 g/mol. The van der Waals surface area contributed by atoms with Gasteiger partial charge in [0, 0.05) is 11.6 Å². The Kier molecular flexibility index (Phi) is 4.13. The number of nitrogens with one attached hydrogen (secondary N) is 1. The van der Waals surface area contributed by atoms with Gasteiger partial charge in [-0.25, -0.2) is 4.39 Å².